The van der Waals surface area contributed by atoms with Gasteiger partial charge >= 0.3 is 5.69 Å². The zero-order valence-corrected chi connectivity index (χ0v) is 17.6. The quantitative estimate of drug-likeness (QED) is 0.397. The third kappa shape index (κ3) is 4.59. The number of aromatic hydroxyl groups is 1. The number of hydrogen-bond acceptors (Lipinski definition) is 5. The molecule has 0 atom stereocenters. The van der Waals surface area contributed by atoms with Gasteiger partial charge in [0.1, 0.15) is 5.69 Å². The summed E-state index contributed by atoms with van der Waals surface area (Å²) in [7, 11) is 0. The van der Waals surface area contributed by atoms with E-state index in [0.29, 0.717) is 12.0 Å². The first-order valence-corrected chi connectivity index (χ1v) is 9.79. The van der Waals surface area contributed by atoms with Crippen LogP contribution in [0, 0.1) is 18.3 Å². The minimum Gasteiger partial charge on any atom is -0.493 e. The van der Waals surface area contributed by atoms with Crippen LogP contribution in [0.15, 0.2) is 64.6 Å². The molecular formula is C24H24N4O3. The Bertz CT molecular complexity index is 1230. The predicted octanol–water partition coefficient (Wildman–Crippen LogP) is 3.93. The number of H-pyrrole nitrogens is 1. The fraction of sp³-hybridized carbons (Fsp3) is 0.208. The molecule has 0 fully saturated rings. The molecule has 0 saturated carbocycles. The number of aromatic nitrogens is 2. The molecule has 2 heterocycles. The summed E-state index contributed by atoms with van der Waals surface area (Å²) < 4.78 is 0.747. The number of nitrogens with one attached hydrogen (secondary N) is 2. The van der Waals surface area contributed by atoms with Gasteiger partial charge in [0.2, 0.25) is 12.3 Å². The second-order valence-corrected chi connectivity index (χ2v) is 7.96. The van der Waals surface area contributed by atoms with Crippen molar-refractivity contribution in [2.24, 2.45) is 0 Å². The summed E-state index contributed by atoms with van der Waals surface area (Å²) in [5, 5.41) is 22.8. The minimum absolute atomic E-state index is 0.0150. The molecule has 0 radical (unpaired) electrons. The highest BCUT2D eigenvalue weighted by molar-refractivity contribution is 5.65. The van der Waals surface area contributed by atoms with Gasteiger partial charge in [-0.05, 0) is 54.2 Å². The van der Waals surface area contributed by atoms with Gasteiger partial charge in [0.25, 0.3) is 0 Å². The summed E-state index contributed by atoms with van der Waals surface area (Å²) in [6.07, 6.45) is 11.2. The van der Waals surface area contributed by atoms with Crippen molar-refractivity contribution >= 4 is 18.2 Å². The number of benzene rings is 1. The Morgan fingerprint density at radius 1 is 1.35 bits per heavy atom. The van der Waals surface area contributed by atoms with Crippen LogP contribution in [0.1, 0.15) is 37.1 Å². The topological polar surface area (TPSA) is 111 Å². The Kier molecular flexibility index (Phi) is 6.12. The van der Waals surface area contributed by atoms with Gasteiger partial charge in [-0.3, -0.25) is 9.78 Å². The number of nitrogens with zero attached hydrogens (tertiary/aromatic N) is 2. The smallest absolute Gasteiger partial charge is 0.335 e. The van der Waals surface area contributed by atoms with Crippen molar-refractivity contribution in [1.82, 2.24) is 9.55 Å². The highest BCUT2D eigenvalue weighted by Gasteiger charge is 2.23. The lowest BCUT2D eigenvalue weighted by Crippen LogP contribution is -2.18. The van der Waals surface area contributed by atoms with E-state index in [-0.39, 0.29) is 11.1 Å². The average molecular weight is 416 g/mol. The molecule has 1 aliphatic heterocycles. The Hall–Kier alpha value is -4.05. The Balaban J connectivity index is 1.94. The summed E-state index contributed by atoms with van der Waals surface area (Å²) in [5.74, 6) is -0.416. The molecular weight excluding hydrogens is 392 g/mol. The maximum absolute atomic E-state index is 11.6. The Labute approximate surface area is 180 Å². The first-order chi connectivity index (χ1) is 14.8. The Morgan fingerprint density at radius 2 is 2.13 bits per heavy atom. The lowest BCUT2D eigenvalue weighted by Gasteiger charge is -2.27. The van der Waals surface area contributed by atoms with Crippen LogP contribution in [0.3, 0.4) is 0 Å². The number of fused-ring (bicyclic) bond motifs is 1. The molecule has 1 aliphatic rings. The minimum atomic E-state index is -0.735. The summed E-state index contributed by atoms with van der Waals surface area (Å²) >= 11 is 0. The summed E-state index contributed by atoms with van der Waals surface area (Å²) in [6, 6.07) is 8.48. The van der Waals surface area contributed by atoms with Gasteiger partial charge in [0.05, 0.1) is 11.6 Å². The molecule has 0 unspecified atom stereocenters. The monoisotopic (exact) mass is 416 g/mol. The number of hydrogen-bond donors (Lipinski definition) is 3. The van der Waals surface area contributed by atoms with Crippen LogP contribution in [0.2, 0.25) is 0 Å². The van der Waals surface area contributed by atoms with Gasteiger partial charge < -0.3 is 10.4 Å². The van der Waals surface area contributed by atoms with Crippen LogP contribution in [0.5, 0.6) is 5.88 Å². The lowest BCUT2D eigenvalue weighted by atomic mass is 9.79. The van der Waals surface area contributed by atoms with Crippen molar-refractivity contribution in [3.8, 4) is 11.9 Å². The van der Waals surface area contributed by atoms with Crippen molar-refractivity contribution in [1.29, 1.82) is 5.26 Å². The number of nitriles is 1. The van der Waals surface area contributed by atoms with E-state index in [4.69, 9.17) is 0 Å². The lowest BCUT2D eigenvalue weighted by molar-refractivity contribution is 0.454. The van der Waals surface area contributed by atoms with Crippen molar-refractivity contribution in [2.75, 3.05) is 5.32 Å². The Morgan fingerprint density at radius 3 is 2.84 bits per heavy atom. The van der Waals surface area contributed by atoms with Crippen molar-refractivity contribution in [3.63, 3.8) is 0 Å². The maximum Gasteiger partial charge on any atom is 0.335 e. The van der Waals surface area contributed by atoms with Crippen LogP contribution in [0.4, 0.5) is 5.69 Å². The van der Waals surface area contributed by atoms with E-state index in [1.165, 1.54) is 23.3 Å². The highest BCUT2D eigenvalue weighted by atomic mass is 16.3. The zero-order chi connectivity index (χ0) is 22.6. The molecule has 0 bridgehead atoms. The first-order valence-electron chi connectivity index (χ1n) is 9.79. The second-order valence-electron chi connectivity index (χ2n) is 7.96. The molecule has 0 spiro atoms. The van der Waals surface area contributed by atoms with Crippen LogP contribution < -0.4 is 11.0 Å². The largest absolute Gasteiger partial charge is 0.493 e. The van der Waals surface area contributed by atoms with E-state index < -0.39 is 11.6 Å². The van der Waals surface area contributed by atoms with Gasteiger partial charge in [-0.2, -0.15) is 5.26 Å². The number of carbonyl (C=O) groups is 1. The molecule has 0 aliphatic carbocycles. The van der Waals surface area contributed by atoms with Crippen LogP contribution in [-0.2, 0) is 10.2 Å². The first kappa shape index (κ1) is 21.7. The third-order valence-electron chi connectivity index (χ3n) is 5.24. The molecule has 3 rings (SSSR count). The standard InChI is InChI=1S/C24H24N4O3/c1-16-7-8-20-19(13-16)24(2,3)11-9-17(10-12-26-20)18(14-25)5-4-6-21-22(30)27-23(31)28(21)15-29/h4-10,12-13,15,26,30H,11H2,1-3H3,(H,27,31)/b6-4+,12-10-,17-9+,18-5+. The SMILES string of the molecule is Cc1ccc2c(c1)C(C)(C)C/C=C(/C(C#N)=C/C=C/c1c(O)[nH]c(=O)n1C=O)\C=C/N2. The predicted molar refractivity (Wildman–Crippen MR) is 121 cm³/mol. The van der Waals surface area contributed by atoms with Crippen molar-refractivity contribution in [3.05, 3.63) is 87.2 Å². The maximum atomic E-state index is 11.6. The molecule has 7 heteroatoms. The van der Waals surface area contributed by atoms with Gasteiger partial charge in [0, 0.05) is 11.9 Å². The second kappa shape index (κ2) is 8.76. The molecule has 1 aromatic carbocycles. The van der Waals surface area contributed by atoms with Crippen LogP contribution in [-0.4, -0.2) is 21.1 Å². The number of imidazole rings is 1. The molecule has 1 aromatic heterocycles. The van der Waals surface area contributed by atoms with E-state index in [9.17, 15) is 20.0 Å². The summed E-state index contributed by atoms with van der Waals surface area (Å²) in [6.45, 7) is 6.39. The highest BCUT2D eigenvalue weighted by Crippen LogP contribution is 2.35. The summed E-state index contributed by atoms with van der Waals surface area (Å²) in [4.78, 5) is 24.8. The molecule has 0 saturated heterocycles. The van der Waals surface area contributed by atoms with Crippen LogP contribution >= 0.6 is 0 Å². The van der Waals surface area contributed by atoms with Gasteiger partial charge in [-0.1, -0.05) is 43.7 Å². The number of aromatic amines is 1. The third-order valence-corrected chi connectivity index (χ3v) is 5.24. The summed E-state index contributed by atoms with van der Waals surface area (Å²) in [5.41, 5.74) is 3.68. The molecule has 2 aromatic rings. The van der Waals surface area contributed by atoms with E-state index in [2.05, 4.69) is 55.3 Å². The normalized spacial score (nSPS) is 18.5. The molecule has 3 N–H and O–H groups in total. The van der Waals surface area contributed by atoms with Gasteiger partial charge in [0.15, 0.2) is 0 Å². The number of anilines is 1. The van der Waals surface area contributed by atoms with Gasteiger partial charge in [-0.25, -0.2) is 9.36 Å². The molecule has 158 valence electrons. The number of allylic oxidation sites excluding steroid dienone is 6. The van der Waals surface area contributed by atoms with E-state index in [1.54, 1.807) is 12.3 Å². The number of rotatable bonds is 4. The van der Waals surface area contributed by atoms with E-state index >= 15 is 0 Å². The zero-order valence-electron chi connectivity index (χ0n) is 17.6. The molecule has 0 amide bonds. The van der Waals surface area contributed by atoms with Crippen molar-refractivity contribution in [2.45, 2.75) is 32.6 Å². The fourth-order valence-electron chi connectivity index (χ4n) is 3.45. The molecule has 31 heavy (non-hydrogen) atoms. The van der Waals surface area contributed by atoms with Crippen molar-refractivity contribution < 1.29 is 9.90 Å². The number of aryl methyl sites for hydroxylation is 1. The van der Waals surface area contributed by atoms with E-state index in [1.807, 2.05) is 12.2 Å². The van der Waals surface area contributed by atoms with Gasteiger partial charge in [-0.15, -0.1) is 0 Å². The average Bonchev–Trinajstić information content (AvgIpc) is 3.03. The molecule has 7 nitrogen and oxygen atoms in total. The van der Waals surface area contributed by atoms with Crippen LogP contribution in [0.25, 0.3) is 6.08 Å². The number of carbonyl (C=O) groups excluding carboxylic acids is 1. The fourth-order valence-corrected chi connectivity index (χ4v) is 3.45. The van der Waals surface area contributed by atoms with E-state index in [0.717, 1.165) is 22.2 Å².